The lowest BCUT2D eigenvalue weighted by Gasteiger charge is -2.17. The van der Waals surface area contributed by atoms with Gasteiger partial charge in [-0.25, -0.2) is 0 Å². The number of aliphatic hydroxyl groups is 1. The summed E-state index contributed by atoms with van der Waals surface area (Å²) in [5.74, 6) is -0.0484. The molecule has 0 aromatic heterocycles. The Bertz CT molecular complexity index is 319. The minimum atomic E-state index is -0.275. The van der Waals surface area contributed by atoms with E-state index in [1.165, 1.54) is 0 Å². The first-order chi connectivity index (χ1) is 8.08. The number of hydrogen-bond donors (Lipinski definition) is 2. The normalized spacial score (nSPS) is 33.2. The Balaban J connectivity index is 1.76. The monoisotopic (exact) mass is 240 g/mol. The van der Waals surface area contributed by atoms with Crippen LogP contribution in [0, 0.1) is 11.8 Å². The number of carbonyl (C=O) groups excluding carboxylic acids is 2. The Morgan fingerprint density at radius 1 is 1.53 bits per heavy atom. The molecular formula is C12H20N2O3. The third-order valence-corrected chi connectivity index (χ3v) is 3.87. The molecule has 5 nitrogen and oxygen atoms in total. The van der Waals surface area contributed by atoms with Crippen molar-refractivity contribution in [1.82, 2.24) is 10.2 Å². The van der Waals surface area contributed by atoms with Gasteiger partial charge in [-0.3, -0.25) is 9.59 Å². The van der Waals surface area contributed by atoms with Gasteiger partial charge in [-0.2, -0.15) is 0 Å². The zero-order valence-electron chi connectivity index (χ0n) is 10.2. The van der Waals surface area contributed by atoms with E-state index in [2.05, 4.69) is 5.32 Å². The summed E-state index contributed by atoms with van der Waals surface area (Å²) in [6.07, 6.45) is 2.89. The number of carbonyl (C=O) groups is 2. The Morgan fingerprint density at radius 3 is 2.82 bits per heavy atom. The lowest BCUT2D eigenvalue weighted by Crippen LogP contribution is -2.37. The second kappa shape index (κ2) is 5.04. The van der Waals surface area contributed by atoms with Gasteiger partial charge in [0.05, 0.1) is 12.0 Å². The molecule has 2 amide bonds. The summed E-state index contributed by atoms with van der Waals surface area (Å²) in [5.41, 5.74) is 0. The number of aliphatic hydroxyl groups excluding tert-OH is 1. The van der Waals surface area contributed by atoms with Gasteiger partial charge < -0.3 is 15.3 Å². The van der Waals surface area contributed by atoms with Crippen LogP contribution in [0.1, 0.15) is 25.7 Å². The first-order valence-electron chi connectivity index (χ1n) is 6.27. The molecule has 0 spiro atoms. The van der Waals surface area contributed by atoms with E-state index in [9.17, 15) is 14.7 Å². The van der Waals surface area contributed by atoms with E-state index in [1.807, 2.05) is 0 Å². The summed E-state index contributed by atoms with van der Waals surface area (Å²) in [6, 6.07) is 0. The average molecular weight is 240 g/mol. The van der Waals surface area contributed by atoms with Gasteiger partial charge in [-0.15, -0.1) is 0 Å². The van der Waals surface area contributed by atoms with Crippen molar-refractivity contribution >= 4 is 11.8 Å². The molecule has 5 heteroatoms. The molecule has 0 aromatic carbocycles. The summed E-state index contributed by atoms with van der Waals surface area (Å²) < 4.78 is 0. The van der Waals surface area contributed by atoms with Gasteiger partial charge in [0.25, 0.3) is 0 Å². The minimum absolute atomic E-state index is 0.0334. The van der Waals surface area contributed by atoms with Crippen LogP contribution in [0.2, 0.25) is 0 Å². The van der Waals surface area contributed by atoms with Crippen LogP contribution in [0.15, 0.2) is 0 Å². The van der Waals surface area contributed by atoms with E-state index in [1.54, 1.807) is 11.9 Å². The third-order valence-electron chi connectivity index (χ3n) is 3.87. The van der Waals surface area contributed by atoms with Crippen molar-refractivity contribution in [3.63, 3.8) is 0 Å². The van der Waals surface area contributed by atoms with E-state index in [0.717, 1.165) is 19.3 Å². The molecule has 0 radical (unpaired) electrons. The molecule has 2 rings (SSSR count). The van der Waals surface area contributed by atoms with Gasteiger partial charge in [0.2, 0.25) is 11.8 Å². The van der Waals surface area contributed by atoms with E-state index in [4.69, 9.17) is 0 Å². The summed E-state index contributed by atoms with van der Waals surface area (Å²) >= 11 is 0. The van der Waals surface area contributed by atoms with Crippen molar-refractivity contribution in [3.8, 4) is 0 Å². The van der Waals surface area contributed by atoms with Gasteiger partial charge in [-0.05, 0) is 12.8 Å². The number of amides is 2. The van der Waals surface area contributed by atoms with E-state index < -0.39 is 0 Å². The van der Waals surface area contributed by atoms with E-state index in [0.29, 0.717) is 19.5 Å². The molecular weight excluding hydrogens is 220 g/mol. The third kappa shape index (κ3) is 2.77. The molecule has 1 aliphatic carbocycles. The standard InChI is InChI=1S/C12H20N2O3/c1-14-7-9(5-11(14)16)12(17)13-6-8-3-2-4-10(8)15/h8-10,15H,2-7H2,1H3,(H,13,17). The molecule has 0 bridgehead atoms. The topological polar surface area (TPSA) is 69.6 Å². The van der Waals surface area contributed by atoms with Gasteiger partial charge in [-0.1, -0.05) is 6.42 Å². The molecule has 2 fully saturated rings. The van der Waals surface area contributed by atoms with Gasteiger partial charge in [0.1, 0.15) is 0 Å². The molecule has 1 saturated heterocycles. The maximum absolute atomic E-state index is 11.8. The molecule has 0 aromatic rings. The molecule has 3 atom stereocenters. The highest BCUT2D eigenvalue weighted by Crippen LogP contribution is 2.25. The molecule has 1 heterocycles. The van der Waals surface area contributed by atoms with Crippen LogP contribution >= 0.6 is 0 Å². The van der Waals surface area contributed by atoms with E-state index >= 15 is 0 Å². The Morgan fingerprint density at radius 2 is 2.29 bits per heavy atom. The fourth-order valence-electron chi connectivity index (χ4n) is 2.67. The summed E-state index contributed by atoms with van der Waals surface area (Å²) in [7, 11) is 1.72. The van der Waals surface area contributed by atoms with Crippen molar-refractivity contribution in [2.75, 3.05) is 20.1 Å². The highest BCUT2D eigenvalue weighted by Gasteiger charge is 2.33. The van der Waals surface area contributed by atoms with Crippen molar-refractivity contribution in [3.05, 3.63) is 0 Å². The summed E-state index contributed by atoms with van der Waals surface area (Å²) in [5, 5.41) is 12.5. The SMILES string of the molecule is CN1CC(C(=O)NCC2CCCC2O)CC1=O. The molecule has 2 N–H and O–H groups in total. The zero-order chi connectivity index (χ0) is 12.4. The number of hydrogen-bond acceptors (Lipinski definition) is 3. The molecule has 3 unspecified atom stereocenters. The minimum Gasteiger partial charge on any atom is -0.393 e. The first kappa shape index (κ1) is 12.4. The lowest BCUT2D eigenvalue weighted by molar-refractivity contribution is -0.128. The van der Waals surface area contributed by atoms with Crippen LogP contribution < -0.4 is 5.32 Å². The second-order valence-corrected chi connectivity index (χ2v) is 5.18. The Kier molecular flexibility index (Phi) is 3.66. The fraction of sp³-hybridized carbons (Fsp3) is 0.833. The maximum Gasteiger partial charge on any atom is 0.225 e. The highest BCUT2D eigenvalue weighted by atomic mass is 16.3. The smallest absolute Gasteiger partial charge is 0.225 e. The summed E-state index contributed by atoms with van der Waals surface area (Å²) in [6.45, 7) is 1.05. The maximum atomic E-state index is 11.8. The zero-order valence-corrected chi connectivity index (χ0v) is 10.2. The summed E-state index contributed by atoms with van der Waals surface area (Å²) in [4.78, 5) is 24.7. The molecule has 1 saturated carbocycles. The van der Waals surface area contributed by atoms with Crippen LogP contribution in [0.4, 0.5) is 0 Å². The molecule has 96 valence electrons. The lowest BCUT2D eigenvalue weighted by atomic mass is 10.0. The average Bonchev–Trinajstić information content (AvgIpc) is 2.83. The van der Waals surface area contributed by atoms with E-state index in [-0.39, 0.29) is 29.8 Å². The van der Waals surface area contributed by atoms with Gasteiger partial charge in [0, 0.05) is 32.5 Å². The Labute approximate surface area is 101 Å². The van der Waals surface area contributed by atoms with Crippen LogP contribution in [0.25, 0.3) is 0 Å². The number of likely N-dealkylation sites (tertiary alicyclic amines) is 1. The highest BCUT2D eigenvalue weighted by molar-refractivity contribution is 5.89. The van der Waals surface area contributed by atoms with Gasteiger partial charge in [0.15, 0.2) is 0 Å². The van der Waals surface area contributed by atoms with Crippen LogP contribution in [0.5, 0.6) is 0 Å². The molecule has 2 aliphatic rings. The van der Waals surface area contributed by atoms with Crippen LogP contribution in [0.3, 0.4) is 0 Å². The number of rotatable bonds is 3. The number of nitrogens with one attached hydrogen (secondary N) is 1. The largest absolute Gasteiger partial charge is 0.393 e. The fourth-order valence-corrected chi connectivity index (χ4v) is 2.67. The Hall–Kier alpha value is -1.10. The molecule has 17 heavy (non-hydrogen) atoms. The van der Waals surface area contributed by atoms with Crippen molar-refractivity contribution < 1.29 is 14.7 Å². The van der Waals surface area contributed by atoms with Crippen molar-refractivity contribution in [2.45, 2.75) is 31.8 Å². The van der Waals surface area contributed by atoms with Crippen molar-refractivity contribution in [1.29, 1.82) is 0 Å². The predicted octanol–water partition coefficient (Wildman–Crippen LogP) is -0.258. The van der Waals surface area contributed by atoms with Crippen molar-refractivity contribution in [2.24, 2.45) is 11.8 Å². The quantitative estimate of drug-likeness (QED) is 0.714. The number of nitrogens with zero attached hydrogens (tertiary/aromatic N) is 1. The first-order valence-corrected chi connectivity index (χ1v) is 6.27. The molecule has 1 aliphatic heterocycles. The second-order valence-electron chi connectivity index (χ2n) is 5.18. The van der Waals surface area contributed by atoms with Crippen LogP contribution in [-0.2, 0) is 9.59 Å². The predicted molar refractivity (Wildman–Crippen MR) is 62.1 cm³/mol. The van der Waals surface area contributed by atoms with Crippen LogP contribution in [-0.4, -0.2) is 48.1 Å². The van der Waals surface area contributed by atoms with Gasteiger partial charge >= 0.3 is 0 Å².